The first-order valence-corrected chi connectivity index (χ1v) is 6.86. The summed E-state index contributed by atoms with van der Waals surface area (Å²) < 4.78 is 4.45. The van der Waals surface area contributed by atoms with Gasteiger partial charge in [-0.05, 0) is 18.8 Å². The van der Waals surface area contributed by atoms with Gasteiger partial charge in [0.15, 0.2) is 0 Å². The Morgan fingerprint density at radius 2 is 1.90 bits per heavy atom. The lowest BCUT2D eigenvalue weighted by Crippen LogP contribution is -2.42. The molecule has 0 bridgehead atoms. The van der Waals surface area contributed by atoms with Crippen LogP contribution in [0, 0.1) is 11.8 Å². The van der Waals surface area contributed by atoms with E-state index in [-0.39, 0.29) is 36.8 Å². The zero-order valence-electron chi connectivity index (χ0n) is 11.7. The zero-order chi connectivity index (χ0) is 15.0. The van der Waals surface area contributed by atoms with E-state index in [0.29, 0.717) is 13.0 Å². The average Bonchev–Trinajstić information content (AvgIpc) is 2.45. The summed E-state index contributed by atoms with van der Waals surface area (Å²) in [6, 6.07) is -0.386. The molecule has 0 aliphatic heterocycles. The number of amides is 2. The molecule has 2 atom stereocenters. The second-order valence-corrected chi connectivity index (χ2v) is 4.95. The molecular formula is C13H22N2O5. The Labute approximate surface area is 118 Å². The Morgan fingerprint density at radius 1 is 1.20 bits per heavy atom. The molecule has 20 heavy (non-hydrogen) atoms. The number of rotatable bonds is 6. The molecule has 114 valence electrons. The van der Waals surface area contributed by atoms with Gasteiger partial charge in [-0.2, -0.15) is 0 Å². The maximum atomic E-state index is 11.5. The van der Waals surface area contributed by atoms with E-state index in [1.165, 1.54) is 7.11 Å². The van der Waals surface area contributed by atoms with Crippen LogP contribution in [0.5, 0.6) is 0 Å². The van der Waals surface area contributed by atoms with E-state index in [4.69, 9.17) is 5.11 Å². The van der Waals surface area contributed by atoms with Crippen LogP contribution >= 0.6 is 0 Å². The van der Waals surface area contributed by atoms with Crippen molar-refractivity contribution in [3.63, 3.8) is 0 Å². The lowest BCUT2D eigenvalue weighted by Gasteiger charge is -2.28. The molecule has 7 nitrogen and oxygen atoms in total. The highest BCUT2D eigenvalue weighted by Crippen LogP contribution is 2.29. The van der Waals surface area contributed by atoms with Crippen LogP contribution < -0.4 is 10.6 Å². The highest BCUT2D eigenvalue weighted by molar-refractivity contribution is 5.75. The van der Waals surface area contributed by atoms with Gasteiger partial charge in [0.25, 0.3) is 0 Å². The highest BCUT2D eigenvalue weighted by Gasteiger charge is 2.30. The number of nitrogens with one attached hydrogen (secondary N) is 2. The van der Waals surface area contributed by atoms with Crippen LogP contribution in [0.1, 0.15) is 32.1 Å². The number of esters is 1. The van der Waals surface area contributed by atoms with Gasteiger partial charge in [0.05, 0.1) is 19.4 Å². The number of carbonyl (C=O) groups excluding carboxylic acids is 2. The van der Waals surface area contributed by atoms with Crippen LogP contribution in [0.4, 0.5) is 4.79 Å². The Balaban J connectivity index is 2.25. The summed E-state index contributed by atoms with van der Waals surface area (Å²) in [4.78, 5) is 33.5. The largest absolute Gasteiger partial charge is 0.481 e. The van der Waals surface area contributed by atoms with Crippen molar-refractivity contribution in [1.29, 1.82) is 0 Å². The second kappa shape index (κ2) is 8.39. The minimum Gasteiger partial charge on any atom is -0.481 e. The smallest absolute Gasteiger partial charge is 0.314 e. The second-order valence-electron chi connectivity index (χ2n) is 4.95. The molecule has 0 radical (unpaired) electrons. The van der Waals surface area contributed by atoms with Gasteiger partial charge in [0.1, 0.15) is 0 Å². The number of carboxylic acids is 1. The lowest BCUT2D eigenvalue weighted by atomic mass is 9.79. The van der Waals surface area contributed by atoms with Crippen molar-refractivity contribution in [1.82, 2.24) is 10.6 Å². The van der Waals surface area contributed by atoms with Crippen molar-refractivity contribution < 1.29 is 24.2 Å². The molecule has 2 unspecified atom stereocenters. The molecular weight excluding hydrogens is 264 g/mol. The first-order chi connectivity index (χ1) is 9.54. The fraction of sp³-hybridized carbons (Fsp3) is 0.769. The Morgan fingerprint density at radius 3 is 2.55 bits per heavy atom. The number of hydrogen-bond donors (Lipinski definition) is 3. The normalized spacial score (nSPS) is 21.9. The van der Waals surface area contributed by atoms with Crippen molar-refractivity contribution in [2.75, 3.05) is 20.2 Å². The van der Waals surface area contributed by atoms with Gasteiger partial charge in [-0.15, -0.1) is 0 Å². The summed E-state index contributed by atoms with van der Waals surface area (Å²) in [5, 5.41) is 14.3. The van der Waals surface area contributed by atoms with E-state index in [1.54, 1.807) is 0 Å². The molecule has 1 fully saturated rings. The molecule has 1 aliphatic rings. The van der Waals surface area contributed by atoms with E-state index in [2.05, 4.69) is 15.4 Å². The zero-order valence-corrected chi connectivity index (χ0v) is 11.7. The molecule has 0 heterocycles. The minimum atomic E-state index is -0.789. The first-order valence-electron chi connectivity index (χ1n) is 6.86. The van der Waals surface area contributed by atoms with Crippen LogP contribution in [0.15, 0.2) is 0 Å². The van der Waals surface area contributed by atoms with E-state index >= 15 is 0 Å². The lowest BCUT2D eigenvalue weighted by molar-refractivity contribution is -0.145. The molecule has 0 aromatic carbocycles. The summed E-state index contributed by atoms with van der Waals surface area (Å²) in [5.74, 6) is -1.57. The average molecular weight is 286 g/mol. The summed E-state index contributed by atoms with van der Waals surface area (Å²) in [6.07, 6.45) is 3.54. The van der Waals surface area contributed by atoms with Gasteiger partial charge in [-0.25, -0.2) is 4.79 Å². The van der Waals surface area contributed by atoms with E-state index in [0.717, 1.165) is 19.3 Å². The van der Waals surface area contributed by atoms with E-state index in [9.17, 15) is 14.4 Å². The standard InChI is InChI=1S/C13H22N2O5/c1-20-11(16)6-7-14-13(19)15-8-9-4-2-3-5-10(9)12(17)18/h9-10H,2-8H2,1H3,(H,17,18)(H2,14,15,19). The highest BCUT2D eigenvalue weighted by atomic mass is 16.5. The summed E-state index contributed by atoms with van der Waals surface area (Å²) in [6.45, 7) is 0.548. The predicted molar refractivity (Wildman–Crippen MR) is 71.1 cm³/mol. The maximum Gasteiger partial charge on any atom is 0.314 e. The minimum absolute atomic E-state index is 0.0207. The third-order valence-corrected chi connectivity index (χ3v) is 3.59. The van der Waals surface area contributed by atoms with Gasteiger partial charge in [-0.3, -0.25) is 9.59 Å². The van der Waals surface area contributed by atoms with Gasteiger partial charge in [0.2, 0.25) is 0 Å². The predicted octanol–water partition coefficient (Wildman–Crippen LogP) is 0.740. The molecule has 1 rings (SSSR count). The summed E-state index contributed by atoms with van der Waals surface area (Å²) >= 11 is 0. The Hall–Kier alpha value is -1.79. The monoisotopic (exact) mass is 286 g/mol. The van der Waals surface area contributed by atoms with E-state index in [1.807, 2.05) is 0 Å². The molecule has 0 aromatic heterocycles. The van der Waals surface area contributed by atoms with Gasteiger partial charge < -0.3 is 20.5 Å². The van der Waals surface area contributed by atoms with Crippen molar-refractivity contribution in [2.45, 2.75) is 32.1 Å². The number of hydrogen-bond acceptors (Lipinski definition) is 4. The SMILES string of the molecule is COC(=O)CCNC(=O)NCC1CCCCC1C(=O)O. The molecule has 0 aromatic rings. The summed E-state index contributed by atoms with van der Waals surface area (Å²) in [5.41, 5.74) is 0. The number of carboxylic acid groups (broad SMARTS) is 1. The molecule has 1 aliphatic carbocycles. The van der Waals surface area contributed by atoms with Gasteiger partial charge in [-0.1, -0.05) is 12.8 Å². The molecule has 7 heteroatoms. The van der Waals surface area contributed by atoms with Crippen LogP contribution in [0.25, 0.3) is 0 Å². The van der Waals surface area contributed by atoms with Crippen LogP contribution in [-0.4, -0.2) is 43.3 Å². The number of urea groups is 1. The topological polar surface area (TPSA) is 105 Å². The van der Waals surface area contributed by atoms with Gasteiger partial charge >= 0.3 is 18.0 Å². The summed E-state index contributed by atoms with van der Waals surface area (Å²) in [7, 11) is 1.29. The molecule has 2 amide bonds. The number of carbonyl (C=O) groups is 3. The first kappa shape index (κ1) is 16.3. The fourth-order valence-corrected chi connectivity index (χ4v) is 2.44. The van der Waals surface area contributed by atoms with Crippen LogP contribution in [0.2, 0.25) is 0 Å². The fourth-order valence-electron chi connectivity index (χ4n) is 2.44. The van der Waals surface area contributed by atoms with Gasteiger partial charge in [0, 0.05) is 13.1 Å². The Bertz CT molecular complexity index is 359. The number of aliphatic carboxylic acids is 1. The quantitative estimate of drug-likeness (QED) is 0.625. The third-order valence-electron chi connectivity index (χ3n) is 3.59. The Kier molecular flexibility index (Phi) is 6.83. The number of methoxy groups -OCH3 is 1. The van der Waals surface area contributed by atoms with Crippen molar-refractivity contribution in [3.05, 3.63) is 0 Å². The third kappa shape index (κ3) is 5.46. The molecule has 0 spiro atoms. The van der Waals surface area contributed by atoms with Crippen LogP contribution in [0.3, 0.4) is 0 Å². The van der Waals surface area contributed by atoms with Crippen molar-refractivity contribution >= 4 is 18.0 Å². The van der Waals surface area contributed by atoms with Crippen molar-refractivity contribution in [3.8, 4) is 0 Å². The number of ether oxygens (including phenoxy) is 1. The van der Waals surface area contributed by atoms with E-state index < -0.39 is 5.97 Å². The van der Waals surface area contributed by atoms with Crippen molar-refractivity contribution in [2.24, 2.45) is 11.8 Å². The molecule has 1 saturated carbocycles. The van der Waals surface area contributed by atoms with Crippen LogP contribution in [-0.2, 0) is 14.3 Å². The maximum absolute atomic E-state index is 11.5. The molecule has 0 saturated heterocycles. The molecule has 3 N–H and O–H groups in total.